The Morgan fingerprint density at radius 2 is 1.50 bits per heavy atom. The molecule has 22 heavy (non-hydrogen) atoms. The van der Waals surface area contributed by atoms with E-state index in [4.69, 9.17) is 12.2 Å². The third-order valence-electron chi connectivity index (χ3n) is 4.14. The third kappa shape index (κ3) is 5.28. The first-order valence-corrected chi connectivity index (χ1v) is 8.82. The van der Waals surface area contributed by atoms with E-state index in [2.05, 4.69) is 77.3 Å². The SMILES string of the molecule is CCC(C)c1cccc(C(C)CC)c1NC(=S)NC(C)(C)C. The fraction of sp³-hybridized carbons (Fsp3) is 0.632. The Bertz CT molecular complexity index is 474. The minimum absolute atomic E-state index is 0.0358. The summed E-state index contributed by atoms with van der Waals surface area (Å²) in [7, 11) is 0. The van der Waals surface area contributed by atoms with Crippen LogP contribution in [0.25, 0.3) is 0 Å². The van der Waals surface area contributed by atoms with Crippen LogP contribution in [0.1, 0.15) is 84.3 Å². The maximum absolute atomic E-state index is 5.53. The summed E-state index contributed by atoms with van der Waals surface area (Å²) in [5, 5.41) is 7.54. The second-order valence-corrected chi connectivity index (χ2v) is 7.67. The van der Waals surface area contributed by atoms with Crippen LogP contribution in [-0.4, -0.2) is 10.7 Å². The molecule has 0 aromatic heterocycles. The Balaban J connectivity index is 3.19. The van der Waals surface area contributed by atoms with Crippen LogP contribution >= 0.6 is 12.2 Å². The van der Waals surface area contributed by atoms with E-state index in [0.717, 1.165) is 12.8 Å². The quantitative estimate of drug-likeness (QED) is 0.671. The van der Waals surface area contributed by atoms with Crippen LogP contribution in [0, 0.1) is 0 Å². The number of thiocarbonyl (C=S) groups is 1. The van der Waals surface area contributed by atoms with Gasteiger partial charge in [-0.1, -0.05) is 45.9 Å². The zero-order valence-electron chi connectivity index (χ0n) is 15.2. The van der Waals surface area contributed by atoms with Crippen molar-refractivity contribution in [3.8, 4) is 0 Å². The molecule has 0 fully saturated rings. The Labute approximate surface area is 142 Å². The number of rotatable bonds is 5. The summed E-state index contributed by atoms with van der Waals surface area (Å²) in [4.78, 5) is 0. The number of hydrogen-bond donors (Lipinski definition) is 2. The first-order chi connectivity index (χ1) is 10.2. The second kappa shape index (κ2) is 7.96. The molecule has 2 unspecified atom stereocenters. The lowest BCUT2D eigenvalue weighted by molar-refractivity contribution is 0.514. The highest BCUT2D eigenvalue weighted by Gasteiger charge is 2.18. The predicted molar refractivity (Wildman–Crippen MR) is 103 cm³/mol. The Hall–Kier alpha value is -1.09. The zero-order valence-corrected chi connectivity index (χ0v) is 16.0. The summed E-state index contributed by atoms with van der Waals surface area (Å²) in [5.41, 5.74) is 3.89. The molecule has 3 heteroatoms. The van der Waals surface area contributed by atoms with Crippen LogP contribution in [0.4, 0.5) is 5.69 Å². The van der Waals surface area contributed by atoms with Gasteiger partial charge in [-0.15, -0.1) is 0 Å². The van der Waals surface area contributed by atoms with Crippen LogP contribution in [0.2, 0.25) is 0 Å². The van der Waals surface area contributed by atoms with Gasteiger partial charge in [-0.25, -0.2) is 0 Å². The minimum Gasteiger partial charge on any atom is -0.358 e. The first-order valence-electron chi connectivity index (χ1n) is 8.41. The fourth-order valence-corrected chi connectivity index (χ4v) is 2.89. The lowest BCUT2D eigenvalue weighted by Crippen LogP contribution is -2.43. The molecule has 0 amide bonds. The van der Waals surface area contributed by atoms with Gasteiger partial charge < -0.3 is 10.6 Å². The summed E-state index contributed by atoms with van der Waals surface area (Å²) in [6.45, 7) is 15.4. The van der Waals surface area contributed by atoms with E-state index in [1.165, 1.54) is 16.8 Å². The standard InChI is InChI=1S/C19H32N2S/c1-8-13(3)15-11-10-12-16(14(4)9-2)17(15)20-18(22)21-19(5,6)7/h10-14H,8-9H2,1-7H3,(H2,20,21,22). The summed E-state index contributed by atoms with van der Waals surface area (Å²) in [5.74, 6) is 1.04. The molecule has 0 aliphatic rings. The Morgan fingerprint density at radius 1 is 1.05 bits per heavy atom. The zero-order chi connectivity index (χ0) is 16.9. The van der Waals surface area contributed by atoms with Gasteiger partial charge in [0.2, 0.25) is 0 Å². The van der Waals surface area contributed by atoms with Gasteiger partial charge in [-0.05, 0) is 68.8 Å². The molecule has 0 saturated carbocycles. The molecule has 1 rings (SSSR count). The van der Waals surface area contributed by atoms with Crippen molar-refractivity contribution >= 4 is 23.0 Å². The molecule has 124 valence electrons. The number of anilines is 1. The summed E-state index contributed by atoms with van der Waals surface area (Å²) in [6.07, 6.45) is 2.25. The van der Waals surface area contributed by atoms with E-state index in [-0.39, 0.29) is 5.54 Å². The van der Waals surface area contributed by atoms with Gasteiger partial charge in [-0.2, -0.15) is 0 Å². The van der Waals surface area contributed by atoms with Crippen LogP contribution in [0.3, 0.4) is 0 Å². The molecular weight excluding hydrogens is 288 g/mol. The van der Waals surface area contributed by atoms with Crippen LogP contribution in [0.5, 0.6) is 0 Å². The van der Waals surface area contributed by atoms with Crippen molar-refractivity contribution in [2.24, 2.45) is 0 Å². The van der Waals surface area contributed by atoms with E-state index in [0.29, 0.717) is 16.9 Å². The summed E-state index contributed by atoms with van der Waals surface area (Å²) >= 11 is 5.53. The molecular formula is C19H32N2S. The molecule has 0 aliphatic carbocycles. The molecule has 0 heterocycles. The molecule has 0 aliphatic heterocycles. The summed E-state index contributed by atoms with van der Waals surface area (Å²) in [6, 6.07) is 6.62. The van der Waals surface area contributed by atoms with Crippen molar-refractivity contribution in [1.82, 2.24) is 5.32 Å². The molecule has 1 aromatic carbocycles. The first kappa shape index (κ1) is 19.0. The molecule has 0 bridgehead atoms. The second-order valence-electron chi connectivity index (χ2n) is 7.26. The maximum atomic E-state index is 5.53. The Kier molecular flexibility index (Phi) is 6.86. The average Bonchev–Trinajstić information content (AvgIpc) is 2.43. The molecule has 2 nitrogen and oxygen atoms in total. The van der Waals surface area contributed by atoms with Crippen LogP contribution in [0.15, 0.2) is 18.2 Å². The lowest BCUT2D eigenvalue weighted by Gasteiger charge is -2.27. The van der Waals surface area contributed by atoms with Gasteiger partial charge in [0, 0.05) is 11.2 Å². The summed E-state index contributed by atoms with van der Waals surface area (Å²) < 4.78 is 0. The maximum Gasteiger partial charge on any atom is 0.171 e. The smallest absolute Gasteiger partial charge is 0.171 e. The van der Waals surface area contributed by atoms with E-state index >= 15 is 0 Å². The average molecular weight is 321 g/mol. The number of benzene rings is 1. The van der Waals surface area contributed by atoms with Crippen molar-refractivity contribution in [3.05, 3.63) is 29.3 Å². The van der Waals surface area contributed by atoms with Crippen molar-refractivity contribution in [2.45, 2.75) is 78.7 Å². The number of nitrogens with one attached hydrogen (secondary N) is 2. The van der Waals surface area contributed by atoms with E-state index in [1.807, 2.05) is 0 Å². The van der Waals surface area contributed by atoms with Crippen LogP contribution in [-0.2, 0) is 0 Å². The highest BCUT2D eigenvalue weighted by molar-refractivity contribution is 7.80. The number of hydrogen-bond acceptors (Lipinski definition) is 1. The highest BCUT2D eigenvalue weighted by Crippen LogP contribution is 2.35. The monoisotopic (exact) mass is 320 g/mol. The minimum atomic E-state index is -0.0358. The largest absolute Gasteiger partial charge is 0.358 e. The molecule has 2 atom stereocenters. The van der Waals surface area contributed by atoms with E-state index in [9.17, 15) is 0 Å². The van der Waals surface area contributed by atoms with Gasteiger partial charge >= 0.3 is 0 Å². The van der Waals surface area contributed by atoms with E-state index in [1.54, 1.807) is 0 Å². The van der Waals surface area contributed by atoms with Crippen molar-refractivity contribution < 1.29 is 0 Å². The van der Waals surface area contributed by atoms with Gasteiger partial charge in [0.1, 0.15) is 0 Å². The van der Waals surface area contributed by atoms with Gasteiger partial charge in [0.25, 0.3) is 0 Å². The normalized spacial score (nSPS) is 14.3. The number of para-hydroxylation sites is 1. The third-order valence-corrected chi connectivity index (χ3v) is 4.35. The van der Waals surface area contributed by atoms with Crippen molar-refractivity contribution in [2.75, 3.05) is 5.32 Å². The van der Waals surface area contributed by atoms with Crippen LogP contribution < -0.4 is 10.6 Å². The van der Waals surface area contributed by atoms with Gasteiger partial charge in [0.15, 0.2) is 5.11 Å². The highest BCUT2D eigenvalue weighted by atomic mass is 32.1. The molecule has 0 saturated heterocycles. The van der Waals surface area contributed by atoms with Crippen molar-refractivity contribution in [1.29, 1.82) is 0 Å². The fourth-order valence-electron chi connectivity index (χ4n) is 2.48. The molecule has 1 aromatic rings. The molecule has 0 radical (unpaired) electrons. The lowest BCUT2D eigenvalue weighted by atomic mass is 9.89. The van der Waals surface area contributed by atoms with Crippen molar-refractivity contribution in [3.63, 3.8) is 0 Å². The van der Waals surface area contributed by atoms with Gasteiger partial charge in [-0.3, -0.25) is 0 Å². The van der Waals surface area contributed by atoms with Gasteiger partial charge in [0.05, 0.1) is 0 Å². The molecule has 2 N–H and O–H groups in total. The van der Waals surface area contributed by atoms with E-state index < -0.39 is 0 Å². The topological polar surface area (TPSA) is 24.1 Å². The predicted octanol–water partition coefficient (Wildman–Crippen LogP) is 5.80. The molecule has 0 spiro atoms. The Morgan fingerprint density at radius 3 is 1.86 bits per heavy atom.